The molecular weight excluding hydrogens is 320 g/mol. The lowest BCUT2D eigenvalue weighted by atomic mass is 10.2. The first kappa shape index (κ1) is 13.4. The van der Waals surface area contributed by atoms with Crippen LogP contribution < -0.4 is 5.32 Å². The maximum Gasteiger partial charge on any atom is 0.254 e. The van der Waals surface area contributed by atoms with Crippen molar-refractivity contribution in [3.05, 3.63) is 33.3 Å². The molecule has 1 aliphatic rings. The minimum absolute atomic E-state index is 0.104. The lowest BCUT2D eigenvalue weighted by Crippen LogP contribution is -2.37. The van der Waals surface area contributed by atoms with E-state index in [1.54, 1.807) is 23.1 Å². The van der Waals surface area contributed by atoms with Gasteiger partial charge in [0.15, 0.2) is 0 Å². The van der Waals surface area contributed by atoms with Gasteiger partial charge in [0.1, 0.15) is 0 Å². The van der Waals surface area contributed by atoms with E-state index in [1.165, 1.54) is 0 Å². The minimum atomic E-state index is -0.165. The van der Waals surface area contributed by atoms with Gasteiger partial charge in [-0.3, -0.25) is 9.59 Å². The third-order valence-corrected chi connectivity index (χ3v) is 3.95. The molecule has 96 valence electrons. The summed E-state index contributed by atoms with van der Waals surface area (Å²) in [5, 5.41) is 3.22. The molecule has 6 heteroatoms. The molecule has 1 saturated heterocycles. The maximum atomic E-state index is 12.2. The molecule has 0 spiro atoms. The number of benzene rings is 1. The van der Waals surface area contributed by atoms with Crippen LogP contribution in [-0.4, -0.2) is 36.3 Å². The van der Waals surface area contributed by atoms with Crippen molar-refractivity contribution in [2.75, 3.05) is 19.6 Å². The van der Waals surface area contributed by atoms with Gasteiger partial charge in [-0.05, 0) is 40.5 Å². The zero-order valence-electron chi connectivity index (χ0n) is 9.58. The van der Waals surface area contributed by atoms with E-state index in [-0.39, 0.29) is 18.4 Å². The predicted octanol–water partition coefficient (Wildman–Crippen LogP) is 2.06. The highest BCUT2D eigenvalue weighted by Crippen LogP contribution is 2.23. The molecule has 0 atom stereocenters. The van der Waals surface area contributed by atoms with Crippen LogP contribution in [0.4, 0.5) is 0 Å². The monoisotopic (exact) mass is 330 g/mol. The average molecular weight is 332 g/mol. The van der Waals surface area contributed by atoms with Gasteiger partial charge in [0.05, 0.1) is 11.6 Å². The van der Waals surface area contributed by atoms with Crippen LogP contribution >= 0.6 is 27.5 Å². The zero-order chi connectivity index (χ0) is 13.1. The predicted molar refractivity (Wildman–Crippen MR) is 72.7 cm³/mol. The second-order valence-electron chi connectivity index (χ2n) is 4.06. The minimum Gasteiger partial charge on any atom is -0.354 e. The van der Waals surface area contributed by atoms with Crippen LogP contribution in [0.2, 0.25) is 5.02 Å². The number of carbonyl (C=O) groups excluding carboxylic acids is 2. The first-order chi connectivity index (χ1) is 8.58. The fourth-order valence-corrected chi connectivity index (χ4v) is 2.22. The Morgan fingerprint density at radius 2 is 2.22 bits per heavy atom. The van der Waals surface area contributed by atoms with E-state index in [9.17, 15) is 9.59 Å². The molecule has 2 rings (SSSR count). The van der Waals surface area contributed by atoms with E-state index in [0.29, 0.717) is 23.7 Å². The van der Waals surface area contributed by atoms with Crippen molar-refractivity contribution in [1.82, 2.24) is 10.2 Å². The summed E-state index contributed by atoms with van der Waals surface area (Å²) in [4.78, 5) is 25.2. The van der Waals surface area contributed by atoms with E-state index in [1.807, 2.05) is 0 Å². The zero-order valence-corrected chi connectivity index (χ0v) is 11.9. The SMILES string of the molecule is O=C1CN(C(=O)c2ccc(Br)c(Cl)c2)CCCN1. The number of nitrogens with zero attached hydrogens (tertiary/aromatic N) is 1. The molecule has 1 aromatic carbocycles. The normalized spacial score (nSPS) is 16.1. The third kappa shape index (κ3) is 3.03. The highest BCUT2D eigenvalue weighted by atomic mass is 79.9. The number of carbonyl (C=O) groups is 2. The van der Waals surface area contributed by atoms with Crippen LogP contribution in [0.15, 0.2) is 22.7 Å². The molecule has 0 aliphatic carbocycles. The van der Waals surface area contributed by atoms with Crippen molar-refractivity contribution < 1.29 is 9.59 Å². The Hall–Kier alpha value is -1.07. The number of halogens is 2. The topological polar surface area (TPSA) is 49.4 Å². The van der Waals surface area contributed by atoms with Crippen molar-refractivity contribution in [1.29, 1.82) is 0 Å². The molecule has 18 heavy (non-hydrogen) atoms. The Bertz CT molecular complexity index is 493. The second kappa shape index (κ2) is 5.71. The Morgan fingerprint density at radius 3 is 2.94 bits per heavy atom. The van der Waals surface area contributed by atoms with E-state index in [2.05, 4.69) is 21.2 Å². The van der Waals surface area contributed by atoms with Gasteiger partial charge in [-0.1, -0.05) is 11.6 Å². The second-order valence-corrected chi connectivity index (χ2v) is 5.32. The molecule has 0 saturated carbocycles. The molecule has 0 bridgehead atoms. The third-order valence-electron chi connectivity index (χ3n) is 2.72. The van der Waals surface area contributed by atoms with Gasteiger partial charge in [0.2, 0.25) is 5.91 Å². The smallest absolute Gasteiger partial charge is 0.254 e. The molecule has 0 aromatic heterocycles. The van der Waals surface area contributed by atoms with Gasteiger partial charge >= 0.3 is 0 Å². The summed E-state index contributed by atoms with van der Waals surface area (Å²) in [6.45, 7) is 1.29. The summed E-state index contributed by atoms with van der Waals surface area (Å²) in [5.41, 5.74) is 0.498. The number of hydrogen-bond acceptors (Lipinski definition) is 2. The van der Waals surface area contributed by atoms with Gasteiger partial charge in [-0.25, -0.2) is 0 Å². The molecule has 1 fully saturated rings. The van der Waals surface area contributed by atoms with Crippen LogP contribution in [0, 0.1) is 0 Å². The van der Waals surface area contributed by atoms with Gasteiger partial charge in [0.25, 0.3) is 5.91 Å². The fraction of sp³-hybridized carbons (Fsp3) is 0.333. The van der Waals surface area contributed by atoms with Crippen LogP contribution in [0.25, 0.3) is 0 Å². The fourth-order valence-electron chi connectivity index (χ4n) is 1.79. The number of nitrogens with one attached hydrogen (secondary N) is 1. The molecule has 1 aliphatic heterocycles. The average Bonchev–Trinajstić information content (AvgIpc) is 2.56. The first-order valence-electron chi connectivity index (χ1n) is 5.59. The Balaban J connectivity index is 2.19. The number of amides is 2. The first-order valence-corrected chi connectivity index (χ1v) is 6.76. The largest absolute Gasteiger partial charge is 0.354 e. The van der Waals surface area contributed by atoms with E-state index >= 15 is 0 Å². The summed E-state index contributed by atoms with van der Waals surface area (Å²) < 4.78 is 0.745. The highest BCUT2D eigenvalue weighted by Gasteiger charge is 2.21. The highest BCUT2D eigenvalue weighted by molar-refractivity contribution is 9.10. The lowest BCUT2D eigenvalue weighted by Gasteiger charge is -2.19. The van der Waals surface area contributed by atoms with Crippen LogP contribution in [-0.2, 0) is 4.79 Å². The van der Waals surface area contributed by atoms with E-state index in [4.69, 9.17) is 11.6 Å². The molecule has 4 nitrogen and oxygen atoms in total. The van der Waals surface area contributed by atoms with Crippen molar-refractivity contribution in [2.45, 2.75) is 6.42 Å². The van der Waals surface area contributed by atoms with Crippen LogP contribution in [0.5, 0.6) is 0 Å². The van der Waals surface area contributed by atoms with Gasteiger partial charge < -0.3 is 10.2 Å². The van der Waals surface area contributed by atoms with Gasteiger partial charge in [-0.15, -0.1) is 0 Å². The molecule has 1 aromatic rings. The quantitative estimate of drug-likeness (QED) is 0.856. The van der Waals surface area contributed by atoms with Gasteiger partial charge in [0, 0.05) is 23.1 Å². The van der Waals surface area contributed by atoms with Crippen molar-refractivity contribution >= 4 is 39.3 Å². The number of rotatable bonds is 1. The summed E-state index contributed by atoms with van der Waals surface area (Å²) in [6.07, 6.45) is 0.766. The van der Waals surface area contributed by atoms with Crippen molar-refractivity contribution in [2.24, 2.45) is 0 Å². The molecule has 0 radical (unpaired) electrons. The van der Waals surface area contributed by atoms with Crippen molar-refractivity contribution in [3.8, 4) is 0 Å². The van der Waals surface area contributed by atoms with Crippen molar-refractivity contribution in [3.63, 3.8) is 0 Å². The Morgan fingerprint density at radius 1 is 1.44 bits per heavy atom. The maximum absolute atomic E-state index is 12.2. The van der Waals surface area contributed by atoms with Gasteiger partial charge in [-0.2, -0.15) is 0 Å². The summed E-state index contributed by atoms with van der Waals surface area (Å²) in [6, 6.07) is 5.03. The van der Waals surface area contributed by atoms with Crippen LogP contribution in [0.1, 0.15) is 16.8 Å². The number of hydrogen-bond donors (Lipinski definition) is 1. The molecular formula is C12H12BrClN2O2. The summed E-state index contributed by atoms with van der Waals surface area (Å²) in [7, 11) is 0. The Kier molecular flexibility index (Phi) is 4.24. The molecule has 2 amide bonds. The van der Waals surface area contributed by atoms with E-state index in [0.717, 1.165) is 10.9 Å². The molecule has 1 heterocycles. The molecule has 0 unspecified atom stereocenters. The van der Waals surface area contributed by atoms with Crippen LogP contribution in [0.3, 0.4) is 0 Å². The molecule has 1 N–H and O–H groups in total. The standard InChI is InChI=1S/C12H12BrClN2O2/c13-9-3-2-8(6-10(9)14)12(18)16-5-1-4-15-11(17)7-16/h2-3,6H,1,4-5,7H2,(H,15,17). The van der Waals surface area contributed by atoms with E-state index < -0.39 is 0 Å². The lowest BCUT2D eigenvalue weighted by molar-refractivity contribution is -0.121. The Labute approximate surface area is 118 Å². The summed E-state index contributed by atoms with van der Waals surface area (Å²) >= 11 is 9.24. The summed E-state index contributed by atoms with van der Waals surface area (Å²) in [5.74, 6) is -0.287.